The summed E-state index contributed by atoms with van der Waals surface area (Å²) in [6.45, 7) is 2.18. The SMILES string of the molecule is CC([C](CCS(=O)(=O)c1ccccc1)c1ccccc1)c1cccc2ccccc12. The van der Waals surface area contributed by atoms with Crippen LogP contribution in [0, 0.1) is 5.92 Å². The third-order valence-electron chi connectivity index (χ3n) is 5.70. The Morgan fingerprint density at radius 3 is 2.07 bits per heavy atom. The van der Waals surface area contributed by atoms with Crippen LogP contribution in [0.4, 0.5) is 0 Å². The highest BCUT2D eigenvalue weighted by Gasteiger charge is 2.26. The van der Waals surface area contributed by atoms with Gasteiger partial charge in [-0.1, -0.05) is 97.9 Å². The van der Waals surface area contributed by atoms with Crippen molar-refractivity contribution in [3.63, 3.8) is 0 Å². The molecule has 0 fully saturated rings. The smallest absolute Gasteiger partial charge is 0.178 e. The van der Waals surface area contributed by atoms with E-state index in [-0.39, 0.29) is 11.7 Å². The molecule has 0 aromatic heterocycles. The number of rotatable bonds is 7. The highest BCUT2D eigenvalue weighted by atomic mass is 32.2. The van der Waals surface area contributed by atoms with E-state index in [1.54, 1.807) is 24.3 Å². The highest BCUT2D eigenvalue weighted by molar-refractivity contribution is 7.91. The van der Waals surface area contributed by atoms with Crippen molar-refractivity contribution in [3.8, 4) is 0 Å². The van der Waals surface area contributed by atoms with Crippen LogP contribution in [0.15, 0.2) is 108 Å². The predicted octanol–water partition coefficient (Wildman–Crippen LogP) is 6.43. The monoisotopic (exact) mass is 413 g/mol. The minimum Gasteiger partial charge on any atom is -0.224 e. The summed E-state index contributed by atoms with van der Waals surface area (Å²) in [5, 5.41) is 2.41. The molecule has 4 aromatic carbocycles. The molecule has 0 aliphatic heterocycles. The van der Waals surface area contributed by atoms with Crippen molar-refractivity contribution in [2.75, 3.05) is 5.75 Å². The average molecular weight is 414 g/mol. The normalized spacial score (nSPS) is 12.9. The number of hydrogen-bond donors (Lipinski definition) is 0. The summed E-state index contributed by atoms with van der Waals surface area (Å²) in [5.74, 6) is 1.34. The molecule has 0 saturated heterocycles. The second-order valence-corrected chi connectivity index (χ2v) is 9.67. The van der Waals surface area contributed by atoms with Gasteiger partial charge in [0.05, 0.1) is 10.6 Å². The van der Waals surface area contributed by atoms with Gasteiger partial charge in [0.1, 0.15) is 0 Å². The van der Waals surface area contributed by atoms with Gasteiger partial charge in [-0.15, -0.1) is 0 Å². The average Bonchev–Trinajstić information content (AvgIpc) is 2.80. The minimum atomic E-state index is -3.34. The van der Waals surface area contributed by atoms with Crippen LogP contribution in [0.25, 0.3) is 10.8 Å². The number of benzene rings is 4. The molecule has 30 heavy (non-hydrogen) atoms. The van der Waals surface area contributed by atoms with Gasteiger partial charge < -0.3 is 0 Å². The summed E-state index contributed by atoms with van der Waals surface area (Å²) in [5.41, 5.74) is 2.32. The first kappa shape index (κ1) is 20.4. The first-order valence-electron chi connectivity index (χ1n) is 10.2. The Morgan fingerprint density at radius 2 is 1.33 bits per heavy atom. The van der Waals surface area contributed by atoms with E-state index >= 15 is 0 Å². The standard InChI is InChI=1S/C27H25O2S/c1-21(26-18-10-14-23-13-8-9-17-27(23)26)25(22-11-4-2-5-12-22)19-20-30(28,29)24-15-6-3-7-16-24/h2-18,21H,19-20H2,1H3. The Kier molecular flexibility index (Phi) is 6.01. The lowest BCUT2D eigenvalue weighted by molar-refractivity contribution is 0.592. The molecule has 0 saturated carbocycles. The molecular weight excluding hydrogens is 388 g/mol. The second-order valence-electron chi connectivity index (χ2n) is 7.56. The molecule has 0 amide bonds. The maximum absolute atomic E-state index is 12.9. The van der Waals surface area contributed by atoms with Crippen LogP contribution in [0.5, 0.6) is 0 Å². The van der Waals surface area contributed by atoms with Gasteiger partial charge in [-0.2, -0.15) is 0 Å². The Labute approximate surface area is 179 Å². The first-order valence-corrected chi connectivity index (χ1v) is 11.9. The van der Waals surface area contributed by atoms with E-state index < -0.39 is 9.84 Å². The van der Waals surface area contributed by atoms with Crippen LogP contribution in [0.2, 0.25) is 0 Å². The van der Waals surface area contributed by atoms with Gasteiger partial charge in [-0.25, -0.2) is 8.42 Å². The third-order valence-corrected chi connectivity index (χ3v) is 7.43. The molecule has 0 heterocycles. The summed E-state index contributed by atoms with van der Waals surface area (Å²) in [6, 6.07) is 33.6. The summed E-state index contributed by atoms with van der Waals surface area (Å²) in [4.78, 5) is 0.384. The zero-order valence-electron chi connectivity index (χ0n) is 17.0. The predicted molar refractivity (Wildman–Crippen MR) is 124 cm³/mol. The van der Waals surface area contributed by atoms with Crippen molar-refractivity contribution < 1.29 is 8.42 Å². The van der Waals surface area contributed by atoms with E-state index in [0.717, 1.165) is 11.5 Å². The van der Waals surface area contributed by atoms with Crippen molar-refractivity contribution in [1.82, 2.24) is 0 Å². The van der Waals surface area contributed by atoms with E-state index in [4.69, 9.17) is 0 Å². The Morgan fingerprint density at radius 1 is 0.733 bits per heavy atom. The van der Waals surface area contributed by atoms with Crippen LogP contribution in [-0.2, 0) is 9.84 Å². The van der Waals surface area contributed by atoms with Gasteiger partial charge in [0.2, 0.25) is 0 Å². The topological polar surface area (TPSA) is 34.1 Å². The largest absolute Gasteiger partial charge is 0.224 e. The summed E-state index contributed by atoms with van der Waals surface area (Å²) >= 11 is 0. The molecule has 1 radical (unpaired) electrons. The third kappa shape index (κ3) is 4.31. The van der Waals surface area contributed by atoms with E-state index in [1.165, 1.54) is 16.3 Å². The molecule has 4 aromatic rings. The molecule has 0 bridgehead atoms. The van der Waals surface area contributed by atoms with E-state index in [1.807, 2.05) is 30.3 Å². The second kappa shape index (κ2) is 8.85. The molecular formula is C27H25O2S. The Hall–Kier alpha value is -2.91. The molecule has 151 valence electrons. The van der Waals surface area contributed by atoms with Crippen molar-refractivity contribution >= 4 is 20.6 Å². The summed E-state index contributed by atoms with van der Waals surface area (Å²) in [7, 11) is -3.34. The van der Waals surface area contributed by atoms with Crippen LogP contribution in [0.3, 0.4) is 0 Å². The quantitative estimate of drug-likeness (QED) is 0.350. The molecule has 0 aliphatic rings. The molecule has 3 heteroatoms. The van der Waals surface area contributed by atoms with Crippen molar-refractivity contribution in [2.24, 2.45) is 0 Å². The van der Waals surface area contributed by atoms with Crippen molar-refractivity contribution in [3.05, 3.63) is 120 Å². The summed E-state index contributed by atoms with van der Waals surface area (Å²) in [6.07, 6.45) is 0.492. The fourth-order valence-electron chi connectivity index (χ4n) is 4.07. The number of fused-ring (bicyclic) bond motifs is 1. The fourth-order valence-corrected chi connectivity index (χ4v) is 5.36. The van der Waals surface area contributed by atoms with Crippen LogP contribution in [-0.4, -0.2) is 14.2 Å². The van der Waals surface area contributed by atoms with Crippen molar-refractivity contribution in [1.29, 1.82) is 0 Å². The summed E-state index contributed by atoms with van der Waals surface area (Å²) < 4.78 is 25.9. The molecule has 1 atom stereocenters. The minimum absolute atomic E-state index is 0.0936. The van der Waals surface area contributed by atoms with Gasteiger partial charge >= 0.3 is 0 Å². The van der Waals surface area contributed by atoms with Gasteiger partial charge in [0.15, 0.2) is 9.84 Å². The molecule has 4 rings (SSSR count). The van der Waals surface area contributed by atoms with Crippen molar-refractivity contribution in [2.45, 2.75) is 24.2 Å². The van der Waals surface area contributed by atoms with Gasteiger partial charge in [0, 0.05) is 5.92 Å². The molecule has 2 nitrogen and oxygen atoms in total. The lowest BCUT2D eigenvalue weighted by Crippen LogP contribution is -2.16. The first-order chi connectivity index (χ1) is 14.6. The molecule has 0 spiro atoms. The maximum Gasteiger partial charge on any atom is 0.178 e. The van der Waals surface area contributed by atoms with Crippen LogP contribution >= 0.6 is 0 Å². The lowest BCUT2D eigenvalue weighted by Gasteiger charge is -2.25. The molecule has 0 N–H and O–H groups in total. The maximum atomic E-state index is 12.9. The van der Waals surface area contributed by atoms with Crippen LogP contribution < -0.4 is 0 Å². The zero-order valence-corrected chi connectivity index (χ0v) is 17.8. The number of hydrogen-bond acceptors (Lipinski definition) is 2. The van der Waals surface area contributed by atoms with Gasteiger partial charge in [-0.3, -0.25) is 0 Å². The zero-order chi connectivity index (χ0) is 21.0. The highest BCUT2D eigenvalue weighted by Crippen LogP contribution is 2.38. The fraction of sp³-hybridized carbons (Fsp3) is 0.148. The van der Waals surface area contributed by atoms with Gasteiger partial charge in [0.25, 0.3) is 0 Å². The lowest BCUT2D eigenvalue weighted by atomic mass is 9.79. The van der Waals surface area contributed by atoms with Gasteiger partial charge in [-0.05, 0) is 46.4 Å². The molecule has 1 unspecified atom stereocenters. The number of sulfone groups is 1. The molecule has 0 aliphatic carbocycles. The van der Waals surface area contributed by atoms with E-state index in [0.29, 0.717) is 11.3 Å². The van der Waals surface area contributed by atoms with Crippen LogP contribution in [0.1, 0.15) is 30.4 Å². The Bertz CT molecular complexity index is 1210. The van der Waals surface area contributed by atoms with E-state index in [2.05, 4.69) is 55.5 Å². The Balaban J connectivity index is 1.68. The van der Waals surface area contributed by atoms with E-state index in [9.17, 15) is 8.42 Å².